The highest BCUT2D eigenvalue weighted by atomic mass is 127. The summed E-state index contributed by atoms with van der Waals surface area (Å²) in [4.78, 5) is 17.6. The fourth-order valence-electron chi connectivity index (χ4n) is 1.09. The van der Waals surface area contributed by atoms with Gasteiger partial charge in [0.15, 0.2) is 0 Å². The second kappa shape index (κ2) is 4.29. The molecule has 0 atom stereocenters. The monoisotopic (exact) mass is 351 g/mol. The van der Waals surface area contributed by atoms with E-state index >= 15 is 0 Å². The highest BCUT2D eigenvalue weighted by Crippen LogP contribution is 2.26. The molecule has 0 N–H and O–H groups in total. The van der Waals surface area contributed by atoms with Crippen LogP contribution in [0.25, 0.3) is 5.82 Å². The maximum absolute atomic E-state index is 10.8. The Morgan fingerprint density at radius 2 is 2.25 bits per heavy atom. The summed E-state index contributed by atoms with van der Waals surface area (Å²) in [6.45, 7) is 0. The molecule has 0 aliphatic carbocycles. The van der Waals surface area contributed by atoms with Crippen molar-refractivity contribution < 1.29 is 4.92 Å². The number of nitro groups is 1. The Bertz CT molecular complexity index is 557. The molecule has 0 fully saturated rings. The lowest BCUT2D eigenvalue weighted by Gasteiger charge is -2.01. The summed E-state index contributed by atoms with van der Waals surface area (Å²) >= 11 is 7.68. The first-order valence-corrected chi connectivity index (χ1v) is 5.40. The van der Waals surface area contributed by atoms with Crippen molar-refractivity contribution in [3.05, 3.63) is 37.6 Å². The Morgan fingerprint density at radius 3 is 2.81 bits per heavy atom. The maximum atomic E-state index is 10.8. The van der Waals surface area contributed by atoms with Crippen LogP contribution in [0.1, 0.15) is 0 Å². The van der Waals surface area contributed by atoms with Gasteiger partial charge < -0.3 is 0 Å². The fraction of sp³-hybridized carbons (Fsp3) is 0. The van der Waals surface area contributed by atoms with Gasteiger partial charge in [0.05, 0.1) is 14.7 Å². The van der Waals surface area contributed by atoms with Gasteiger partial charge in [-0.2, -0.15) is 5.10 Å². The van der Waals surface area contributed by atoms with E-state index < -0.39 is 4.92 Å². The molecular weight excluding hydrogens is 348 g/mol. The Hall–Kier alpha value is -1.29. The normalized spacial score (nSPS) is 10.4. The summed E-state index contributed by atoms with van der Waals surface area (Å²) in [5.41, 5.74) is -0.358. The van der Waals surface area contributed by atoms with Crippen LogP contribution in [0.4, 0.5) is 5.69 Å². The van der Waals surface area contributed by atoms with Gasteiger partial charge in [-0.3, -0.25) is 10.1 Å². The zero-order valence-corrected chi connectivity index (χ0v) is 10.5. The van der Waals surface area contributed by atoms with E-state index in [4.69, 9.17) is 11.6 Å². The topological polar surface area (TPSA) is 86.7 Å². The van der Waals surface area contributed by atoms with E-state index in [-0.39, 0.29) is 16.7 Å². The molecule has 16 heavy (non-hydrogen) atoms. The van der Waals surface area contributed by atoms with Crippen molar-refractivity contribution in [3.8, 4) is 5.82 Å². The highest BCUT2D eigenvalue weighted by molar-refractivity contribution is 14.1. The Kier molecular flexibility index (Phi) is 3.01. The molecule has 82 valence electrons. The van der Waals surface area contributed by atoms with Crippen LogP contribution in [-0.4, -0.2) is 24.7 Å². The number of hydrogen-bond acceptors (Lipinski definition) is 5. The van der Waals surface area contributed by atoms with Gasteiger partial charge in [0.2, 0.25) is 11.0 Å². The molecule has 0 aromatic carbocycles. The molecular formula is C7H3ClIN5O2. The number of rotatable bonds is 2. The van der Waals surface area contributed by atoms with E-state index in [9.17, 15) is 10.1 Å². The summed E-state index contributed by atoms with van der Waals surface area (Å²) in [7, 11) is 0. The van der Waals surface area contributed by atoms with Crippen LogP contribution in [0.5, 0.6) is 0 Å². The molecule has 0 unspecified atom stereocenters. The Labute approximate surface area is 108 Å². The van der Waals surface area contributed by atoms with Crippen molar-refractivity contribution >= 4 is 39.9 Å². The van der Waals surface area contributed by atoms with Gasteiger partial charge in [0.1, 0.15) is 6.33 Å². The molecule has 2 heterocycles. The predicted molar refractivity (Wildman–Crippen MR) is 63.5 cm³/mol. The van der Waals surface area contributed by atoms with E-state index in [0.717, 1.165) is 9.90 Å². The molecule has 0 bridgehead atoms. The lowest BCUT2D eigenvalue weighted by atomic mass is 10.5. The smallest absolute Gasteiger partial charge is 0.258 e. The summed E-state index contributed by atoms with van der Waals surface area (Å²) in [5.74, 6) is 0.0490. The minimum atomic E-state index is -0.633. The van der Waals surface area contributed by atoms with E-state index in [1.54, 1.807) is 12.4 Å². The Balaban J connectivity index is 2.65. The third kappa shape index (κ3) is 1.97. The molecule has 2 aromatic heterocycles. The van der Waals surface area contributed by atoms with Crippen molar-refractivity contribution in [2.75, 3.05) is 0 Å². The number of hydrogen-bond donors (Lipinski definition) is 0. The molecule has 2 aromatic rings. The van der Waals surface area contributed by atoms with Gasteiger partial charge >= 0.3 is 5.69 Å². The largest absolute Gasteiger partial charge is 0.350 e. The van der Waals surface area contributed by atoms with Crippen LogP contribution in [0.3, 0.4) is 0 Å². The standard InChI is InChI=1S/C7H3ClIN5O2/c8-6-5(14(15)16)7(11-3-10-6)13-2-4(9)1-12-13/h1-3H. The van der Waals surface area contributed by atoms with Crippen molar-refractivity contribution in [2.45, 2.75) is 0 Å². The van der Waals surface area contributed by atoms with Crippen LogP contribution < -0.4 is 0 Å². The minimum absolute atomic E-state index is 0.0490. The quantitative estimate of drug-likeness (QED) is 0.356. The average Bonchev–Trinajstić information content (AvgIpc) is 2.63. The van der Waals surface area contributed by atoms with Gasteiger partial charge in [0.25, 0.3) is 0 Å². The molecule has 7 nitrogen and oxygen atoms in total. The van der Waals surface area contributed by atoms with E-state index in [1.807, 2.05) is 22.6 Å². The zero-order chi connectivity index (χ0) is 11.7. The Morgan fingerprint density at radius 1 is 1.50 bits per heavy atom. The third-order valence-electron chi connectivity index (χ3n) is 1.71. The lowest BCUT2D eigenvalue weighted by Crippen LogP contribution is -2.04. The van der Waals surface area contributed by atoms with Gasteiger partial charge in [-0.25, -0.2) is 14.6 Å². The first-order valence-electron chi connectivity index (χ1n) is 3.95. The first-order chi connectivity index (χ1) is 7.59. The molecule has 0 saturated carbocycles. The lowest BCUT2D eigenvalue weighted by molar-refractivity contribution is -0.385. The molecule has 2 rings (SSSR count). The van der Waals surface area contributed by atoms with Crippen molar-refractivity contribution in [2.24, 2.45) is 0 Å². The predicted octanol–water partition coefficient (Wildman–Crippen LogP) is 1.83. The van der Waals surface area contributed by atoms with Crippen LogP contribution >= 0.6 is 34.2 Å². The molecule has 0 aliphatic heterocycles. The molecule has 9 heteroatoms. The van der Waals surface area contributed by atoms with Crippen LogP contribution in [0.2, 0.25) is 5.15 Å². The van der Waals surface area contributed by atoms with Crippen LogP contribution in [0, 0.1) is 13.7 Å². The van der Waals surface area contributed by atoms with E-state index in [0.29, 0.717) is 0 Å². The molecule has 0 spiro atoms. The molecule has 0 radical (unpaired) electrons. The second-order valence-electron chi connectivity index (χ2n) is 2.70. The number of aromatic nitrogens is 4. The maximum Gasteiger partial charge on any atom is 0.350 e. The van der Waals surface area contributed by atoms with Crippen LogP contribution in [-0.2, 0) is 0 Å². The zero-order valence-electron chi connectivity index (χ0n) is 7.54. The summed E-state index contributed by atoms with van der Waals surface area (Å²) in [6, 6.07) is 0. The summed E-state index contributed by atoms with van der Waals surface area (Å²) < 4.78 is 2.12. The van der Waals surface area contributed by atoms with Gasteiger partial charge in [-0.15, -0.1) is 0 Å². The van der Waals surface area contributed by atoms with Crippen molar-refractivity contribution in [3.63, 3.8) is 0 Å². The fourth-order valence-corrected chi connectivity index (χ4v) is 1.68. The van der Waals surface area contributed by atoms with Crippen LogP contribution in [0.15, 0.2) is 18.7 Å². The number of halogens is 2. The highest BCUT2D eigenvalue weighted by Gasteiger charge is 2.23. The first kappa shape index (κ1) is 11.2. The SMILES string of the molecule is O=[N+]([O-])c1c(Cl)ncnc1-n1cc(I)cn1. The summed E-state index contributed by atoms with van der Waals surface area (Å²) in [5, 5.41) is 14.5. The van der Waals surface area contributed by atoms with E-state index in [1.165, 1.54) is 4.68 Å². The van der Waals surface area contributed by atoms with E-state index in [2.05, 4.69) is 15.1 Å². The number of nitrogens with zero attached hydrogens (tertiary/aromatic N) is 5. The van der Waals surface area contributed by atoms with Gasteiger partial charge in [-0.1, -0.05) is 11.6 Å². The molecule has 0 amide bonds. The second-order valence-corrected chi connectivity index (χ2v) is 4.30. The van der Waals surface area contributed by atoms with Gasteiger partial charge in [0, 0.05) is 6.20 Å². The van der Waals surface area contributed by atoms with Crippen molar-refractivity contribution in [1.82, 2.24) is 19.7 Å². The van der Waals surface area contributed by atoms with Crippen molar-refractivity contribution in [1.29, 1.82) is 0 Å². The minimum Gasteiger partial charge on any atom is -0.258 e. The molecule has 0 saturated heterocycles. The summed E-state index contributed by atoms with van der Waals surface area (Å²) in [6.07, 6.45) is 4.31. The third-order valence-corrected chi connectivity index (χ3v) is 2.54. The average molecular weight is 351 g/mol. The van der Waals surface area contributed by atoms with Gasteiger partial charge in [-0.05, 0) is 22.6 Å². The molecule has 0 aliphatic rings.